The second-order valence-corrected chi connectivity index (χ2v) is 6.00. The molecule has 1 N–H and O–H groups in total. The number of hydrogen-bond donors (Lipinski definition) is 1. The van der Waals surface area contributed by atoms with Crippen molar-refractivity contribution in [3.8, 4) is 0 Å². The molecule has 1 rings (SSSR count). The van der Waals surface area contributed by atoms with E-state index in [0.717, 1.165) is 22.9 Å². The summed E-state index contributed by atoms with van der Waals surface area (Å²) in [7, 11) is 2.00. The van der Waals surface area contributed by atoms with Gasteiger partial charge in [-0.15, -0.1) is 0 Å². The summed E-state index contributed by atoms with van der Waals surface area (Å²) in [5.41, 5.74) is 1.16. The van der Waals surface area contributed by atoms with Gasteiger partial charge in [0, 0.05) is 16.1 Å². The highest BCUT2D eigenvalue weighted by atomic mass is 35.5. The molecule has 19 heavy (non-hydrogen) atoms. The van der Waals surface area contributed by atoms with Gasteiger partial charge >= 0.3 is 0 Å². The first-order valence-corrected chi connectivity index (χ1v) is 8.00. The van der Waals surface area contributed by atoms with E-state index in [1.54, 1.807) is 0 Å². The molecule has 0 aromatic heterocycles. The zero-order chi connectivity index (χ0) is 14.3. The Hall–Kier alpha value is -0.240. The van der Waals surface area contributed by atoms with Gasteiger partial charge in [-0.25, -0.2) is 0 Å². The Bertz CT molecular complexity index is 379. The minimum atomic E-state index is 0.312. The molecule has 1 aromatic carbocycles. The van der Waals surface area contributed by atoms with Gasteiger partial charge in [0.2, 0.25) is 0 Å². The predicted molar refractivity (Wildman–Crippen MR) is 86.2 cm³/mol. The third-order valence-electron chi connectivity index (χ3n) is 3.80. The molecule has 0 saturated heterocycles. The van der Waals surface area contributed by atoms with Crippen molar-refractivity contribution in [2.45, 2.75) is 52.0 Å². The molecule has 0 spiro atoms. The van der Waals surface area contributed by atoms with Gasteiger partial charge in [-0.1, -0.05) is 68.8 Å². The number of rotatable bonds is 8. The van der Waals surface area contributed by atoms with Crippen molar-refractivity contribution < 1.29 is 0 Å². The Kier molecular flexibility index (Phi) is 7.82. The maximum absolute atomic E-state index is 6.31. The highest BCUT2D eigenvalue weighted by molar-refractivity contribution is 6.35. The van der Waals surface area contributed by atoms with E-state index in [9.17, 15) is 0 Å². The fourth-order valence-corrected chi connectivity index (χ4v) is 3.04. The third-order valence-corrected chi connectivity index (χ3v) is 4.36. The molecular formula is C16H25Cl2N. The Labute approximate surface area is 127 Å². The van der Waals surface area contributed by atoms with Crippen molar-refractivity contribution in [1.29, 1.82) is 0 Å². The fraction of sp³-hybridized carbons (Fsp3) is 0.625. The summed E-state index contributed by atoms with van der Waals surface area (Å²) in [5.74, 6) is 0.754. The minimum absolute atomic E-state index is 0.312. The summed E-state index contributed by atoms with van der Waals surface area (Å²) in [6, 6.07) is 6.10. The smallest absolute Gasteiger partial charge is 0.0468 e. The molecule has 0 heterocycles. The largest absolute Gasteiger partial charge is 0.313 e. The van der Waals surface area contributed by atoms with Gasteiger partial charge in [0.05, 0.1) is 0 Å². The van der Waals surface area contributed by atoms with Crippen LogP contribution in [-0.2, 0) is 0 Å². The number of hydrogen-bond acceptors (Lipinski definition) is 1. The zero-order valence-corrected chi connectivity index (χ0v) is 13.7. The van der Waals surface area contributed by atoms with Gasteiger partial charge in [-0.05, 0) is 37.1 Å². The average molecular weight is 302 g/mol. The highest BCUT2D eigenvalue weighted by Gasteiger charge is 2.17. The molecule has 1 nitrogen and oxygen atoms in total. The summed E-state index contributed by atoms with van der Waals surface area (Å²) in [4.78, 5) is 0. The van der Waals surface area contributed by atoms with E-state index in [1.807, 2.05) is 25.2 Å². The second kappa shape index (κ2) is 8.84. The normalized spacial score (nSPS) is 14.4. The minimum Gasteiger partial charge on any atom is -0.313 e. The lowest BCUT2D eigenvalue weighted by Gasteiger charge is -2.23. The van der Waals surface area contributed by atoms with E-state index in [0.29, 0.717) is 11.1 Å². The van der Waals surface area contributed by atoms with Crippen molar-refractivity contribution in [1.82, 2.24) is 5.32 Å². The van der Waals surface area contributed by atoms with E-state index in [4.69, 9.17) is 23.2 Å². The van der Waals surface area contributed by atoms with Gasteiger partial charge in [0.1, 0.15) is 0 Å². The number of unbranched alkanes of at least 4 members (excludes halogenated alkanes) is 1. The van der Waals surface area contributed by atoms with Gasteiger partial charge in [-0.3, -0.25) is 0 Å². The van der Waals surface area contributed by atoms with Crippen molar-refractivity contribution in [2.24, 2.45) is 5.92 Å². The highest BCUT2D eigenvalue weighted by Crippen LogP contribution is 2.32. The molecule has 0 bridgehead atoms. The third kappa shape index (κ3) is 5.33. The van der Waals surface area contributed by atoms with E-state index >= 15 is 0 Å². The first-order chi connectivity index (χ1) is 9.12. The molecule has 0 saturated carbocycles. The number of benzene rings is 1. The molecule has 0 aliphatic carbocycles. The topological polar surface area (TPSA) is 12.0 Å². The summed E-state index contributed by atoms with van der Waals surface area (Å²) in [6.45, 7) is 4.52. The fourth-order valence-electron chi connectivity index (χ4n) is 2.50. The van der Waals surface area contributed by atoms with Crippen molar-refractivity contribution in [3.05, 3.63) is 33.8 Å². The quantitative estimate of drug-likeness (QED) is 0.634. The standard InChI is InChI=1S/C16H25Cl2N/c1-4-6-7-12(5-2)10-16(19-3)14-9-8-13(17)11-15(14)18/h8-9,11-12,16,19H,4-7,10H2,1-3H3. The summed E-state index contributed by atoms with van der Waals surface area (Å²) < 4.78 is 0. The van der Waals surface area contributed by atoms with Crippen LogP contribution in [0, 0.1) is 5.92 Å². The van der Waals surface area contributed by atoms with Crippen LogP contribution in [0.1, 0.15) is 57.6 Å². The molecule has 0 aliphatic heterocycles. The molecule has 2 unspecified atom stereocenters. The zero-order valence-electron chi connectivity index (χ0n) is 12.2. The van der Waals surface area contributed by atoms with Crippen molar-refractivity contribution in [3.63, 3.8) is 0 Å². The summed E-state index contributed by atoms with van der Waals surface area (Å²) in [6.07, 6.45) is 6.24. The van der Waals surface area contributed by atoms with Crippen LogP contribution in [0.4, 0.5) is 0 Å². The molecule has 0 radical (unpaired) electrons. The van der Waals surface area contributed by atoms with Crippen LogP contribution in [0.2, 0.25) is 10.0 Å². The number of nitrogens with one attached hydrogen (secondary N) is 1. The molecule has 2 atom stereocenters. The van der Waals surface area contributed by atoms with Gasteiger partial charge in [-0.2, -0.15) is 0 Å². The van der Waals surface area contributed by atoms with Crippen LogP contribution < -0.4 is 5.32 Å². The maximum Gasteiger partial charge on any atom is 0.0468 e. The predicted octanol–water partition coefficient (Wildman–Crippen LogP) is 5.86. The Morgan fingerprint density at radius 2 is 1.95 bits per heavy atom. The van der Waals surface area contributed by atoms with E-state index in [2.05, 4.69) is 19.2 Å². The first-order valence-electron chi connectivity index (χ1n) is 7.24. The molecular weight excluding hydrogens is 277 g/mol. The molecule has 0 fully saturated rings. The molecule has 1 aromatic rings. The van der Waals surface area contributed by atoms with Crippen molar-refractivity contribution in [2.75, 3.05) is 7.05 Å². The lowest BCUT2D eigenvalue weighted by molar-refractivity contribution is 0.365. The number of halogens is 2. The van der Waals surface area contributed by atoms with Gasteiger partial charge < -0.3 is 5.32 Å². The van der Waals surface area contributed by atoms with Crippen LogP contribution in [0.25, 0.3) is 0 Å². The molecule has 0 amide bonds. The summed E-state index contributed by atoms with van der Waals surface area (Å²) in [5, 5.41) is 4.85. The molecule has 0 aliphatic rings. The SMILES string of the molecule is CCCCC(CC)CC(NC)c1ccc(Cl)cc1Cl. The van der Waals surface area contributed by atoms with Crippen LogP contribution >= 0.6 is 23.2 Å². The van der Waals surface area contributed by atoms with Crippen LogP contribution in [0.3, 0.4) is 0 Å². The van der Waals surface area contributed by atoms with Gasteiger partial charge in [0.15, 0.2) is 0 Å². The summed E-state index contributed by atoms with van der Waals surface area (Å²) >= 11 is 12.3. The van der Waals surface area contributed by atoms with Crippen molar-refractivity contribution >= 4 is 23.2 Å². The van der Waals surface area contributed by atoms with E-state index < -0.39 is 0 Å². The van der Waals surface area contributed by atoms with E-state index in [-0.39, 0.29) is 0 Å². The van der Waals surface area contributed by atoms with Crippen LogP contribution in [0.5, 0.6) is 0 Å². The molecule has 108 valence electrons. The van der Waals surface area contributed by atoms with Crippen LogP contribution in [-0.4, -0.2) is 7.05 Å². The van der Waals surface area contributed by atoms with E-state index in [1.165, 1.54) is 25.7 Å². The lowest BCUT2D eigenvalue weighted by atomic mass is 9.89. The Morgan fingerprint density at radius 1 is 1.21 bits per heavy atom. The second-order valence-electron chi connectivity index (χ2n) is 5.16. The lowest BCUT2D eigenvalue weighted by Crippen LogP contribution is -2.20. The van der Waals surface area contributed by atoms with Crippen LogP contribution in [0.15, 0.2) is 18.2 Å². The Balaban J connectivity index is 2.76. The monoisotopic (exact) mass is 301 g/mol. The molecule has 3 heteroatoms. The van der Waals surface area contributed by atoms with Gasteiger partial charge in [0.25, 0.3) is 0 Å². The Morgan fingerprint density at radius 3 is 2.47 bits per heavy atom. The first kappa shape index (κ1) is 16.8. The maximum atomic E-state index is 6.31. The average Bonchev–Trinajstić information content (AvgIpc) is 2.40.